The quantitative estimate of drug-likeness (QED) is 0.831. The zero-order valence-corrected chi connectivity index (χ0v) is 13.6. The number of pyridine rings is 1. The monoisotopic (exact) mass is 287 g/mol. The highest BCUT2D eigenvalue weighted by molar-refractivity contribution is 5.44. The van der Waals surface area contributed by atoms with Gasteiger partial charge in [0.05, 0.1) is 0 Å². The molecule has 0 bridgehead atoms. The zero-order chi connectivity index (χ0) is 14.7. The average molecular weight is 287 g/mol. The molecular weight excluding hydrogens is 258 g/mol. The summed E-state index contributed by atoms with van der Waals surface area (Å²) in [6.45, 7) is 7.87. The zero-order valence-electron chi connectivity index (χ0n) is 13.6. The number of nitrogens with one attached hydrogen (secondary N) is 1. The van der Waals surface area contributed by atoms with E-state index in [9.17, 15) is 0 Å². The van der Waals surface area contributed by atoms with Crippen molar-refractivity contribution in [1.29, 1.82) is 0 Å². The van der Waals surface area contributed by atoms with Crippen molar-refractivity contribution in [3.63, 3.8) is 0 Å². The lowest BCUT2D eigenvalue weighted by Gasteiger charge is -2.19. The Bertz CT molecular complexity index is 468. The Morgan fingerprint density at radius 2 is 2.10 bits per heavy atom. The average Bonchev–Trinajstić information content (AvgIpc) is 3.22. The van der Waals surface area contributed by atoms with Crippen LogP contribution in [0.2, 0.25) is 0 Å². The van der Waals surface area contributed by atoms with Gasteiger partial charge in [-0.25, -0.2) is 4.98 Å². The van der Waals surface area contributed by atoms with Crippen molar-refractivity contribution in [3.05, 3.63) is 23.4 Å². The predicted molar refractivity (Wildman–Crippen MR) is 88.7 cm³/mol. The summed E-state index contributed by atoms with van der Waals surface area (Å²) in [5.41, 5.74) is 2.64. The Morgan fingerprint density at radius 1 is 1.24 bits per heavy atom. The second kappa shape index (κ2) is 6.78. The molecule has 1 aliphatic heterocycles. The third kappa shape index (κ3) is 3.97. The Kier molecular flexibility index (Phi) is 4.79. The molecule has 1 aliphatic carbocycles. The molecule has 3 rings (SSSR count). The van der Waals surface area contributed by atoms with Crippen LogP contribution in [-0.4, -0.2) is 24.1 Å². The molecule has 0 radical (unpaired) electrons. The van der Waals surface area contributed by atoms with Gasteiger partial charge in [0.2, 0.25) is 0 Å². The number of rotatable bonds is 7. The van der Waals surface area contributed by atoms with Gasteiger partial charge in [0.1, 0.15) is 5.82 Å². The third-order valence-electron chi connectivity index (χ3n) is 4.77. The molecule has 0 aromatic carbocycles. The Morgan fingerprint density at radius 3 is 2.81 bits per heavy atom. The molecule has 1 atom stereocenters. The maximum atomic E-state index is 4.87. The van der Waals surface area contributed by atoms with Crippen LogP contribution >= 0.6 is 0 Å². The molecule has 2 aliphatic rings. The first-order valence-electron chi connectivity index (χ1n) is 8.76. The number of hydrogen-bond donors (Lipinski definition) is 1. The van der Waals surface area contributed by atoms with E-state index in [1.807, 2.05) is 0 Å². The van der Waals surface area contributed by atoms with Crippen LogP contribution in [0.3, 0.4) is 0 Å². The van der Waals surface area contributed by atoms with E-state index in [2.05, 4.69) is 36.2 Å². The van der Waals surface area contributed by atoms with Crippen molar-refractivity contribution in [2.45, 2.75) is 65.0 Å². The van der Waals surface area contributed by atoms with Crippen LogP contribution in [0.5, 0.6) is 0 Å². The topological polar surface area (TPSA) is 28.2 Å². The minimum Gasteiger partial charge on any atom is -0.356 e. The van der Waals surface area contributed by atoms with Crippen molar-refractivity contribution in [2.24, 2.45) is 5.92 Å². The smallest absolute Gasteiger partial charge is 0.129 e. The lowest BCUT2D eigenvalue weighted by Crippen LogP contribution is -2.22. The summed E-state index contributed by atoms with van der Waals surface area (Å²) < 4.78 is 0. The van der Waals surface area contributed by atoms with E-state index in [1.54, 1.807) is 0 Å². The molecule has 1 N–H and O–H groups in total. The van der Waals surface area contributed by atoms with Gasteiger partial charge < -0.3 is 10.2 Å². The van der Waals surface area contributed by atoms with Crippen molar-refractivity contribution in [3.8, 4) is 0 Å². The van der Waals surface area contributed by atoms with Gasteiger partial charge in [0.15, 0.2) is 0 Å². The largest absolute Gasteiger partial charge is 0.356 e. The summed E-state index contributed by atoms with van der Waals surface area (Å²) >= 11 is 0. The Labute approximate surface area is 129 Å². The summed E-state index contributed by atoms with van der Waals surface area (Å²) in [5, 5.41) is 3.62. The van der Waals surface area contributed by atoms with Crippen molar-refractivity contribution >= 4 is 5.82 Å². The summed E-state index contributed by atoms with van der Waals surface area (Å²) in [6, 6.07) is 5.36. The first-order valence-corrected chi connectivity index (χ1v) is 8.76. The number of aryl methyl sites for hydroxylation is 1. The van der Waals surface area contributed by atoms with Gasteiger partial charge in [-0.2, -0.15) is 0 Å². The molecule has 2 fully saturated rings. The minimum absolute atomic E-state index is 0.771. The molecular formula is C18H29N3. The van der Waals surface area contributed by atoms with Gasteiger partial charge in [-0.3, -0.25) is 0 Å². The second-order valence-electron chi connectivity index (χ2n) is 6.72. The van der Waals surface area contributed by atoms with E-state index in [0.717, 1.165) is 24.9 Å². The van der Waals surface area contributed by atoms with Crippen LogP contribution in [0.4, 0.5) is 5.82 Å². The van der Waals surface area contributed by atoms with Crippen molar-refractivity contribution in [2.75, 3.05) is 18.0 Å². The summed E-state index contributed by atoms with van der Waals surface area (Å²) in [4.78, 5) is 7.37. The highest BCUT2D eigenvalue weighted by Gasteiger charge is 2.24. The fraction of sp³-hybridized carbons (Fsp3) is 0.722. The van der Waals surface area contributed by atoms with Gasteiger partial charge in [-0.15, -0.1) is 0 Å². The lowest BCUT2D eigenvalue weighted by molar-refractivity contribution is 0.529. The lowest BCUT2D eigenvalue weighted by atomic mass is 10.0. The van der Waals surface area contributed by atoms with Crippen LogP contribution < -0.4 is 10.2 Å². The molecule has 21 heavy (non-hydrogen) atoms. The maximum absolute atomic E-state index is 4.87. The van der Waals surface area contributed by atoms with E-state index in [-0.39, 0.29) is 0 Å². The van der Waals surface area contributed by atoms with Gasteiger partial charge in [0, 0.05) is 31.4 Å². The standard InChI is InChI=1S/C18H29N3/c1-3-5-14-8-9-21(13-14)18-11-15(10-16(4-2)20-18)12-19-17-6-7-17/h10-11,14,17,19H,3-9,12-13H2,1-2H3. The number of anilines is 1. The predicted octanol–water partition coefficient (Wildman–Crippen LogP) is 3.52. The van der Waals surface area contributed by atoms with E-state index in [1.165, 1.54) is 62.3 Å². The second-order valence-corrected chi connectivity index (χ2v) is 6.72. The van der Waals surface area contributed by atoms with E-state index in [4.69, 9.17) is 4.98 Å². The molecule has 2 heterocycles. The Hall–Kier alpha value is -1.09. The van der Waals surface area contributed by atoms with Crippen molar-refractivity contribution in [1.82, 2.24) is 10.3 Å². The van der Waals surface area contributed by atoms with Gasteiger partial charge >= 0.3 is 0 Å². The van der Waals surface area contributed by atoms with Gasteiger partial charge in [0.25, 0.3) is 0 Å². The highest BCUT2D eigenvalue weighted by Crippen LogP contribution is 2.27. The van der Waals surface area contributed by atoms with Crippen molar-refractivity contribution < 1.29 is 0 Å². The molecule has 3 nitrogen and oxygen atoms in total. The normalized spacial score (nSPS) is 22.0. The molecule has 1 saturated carbocycles. The summed E-state index contributed by atoms with van der Waals surface area (Å²) in [5.74, 6) is 2.08. The van der Waals surface area contributed by atoms with Crippen LogP contribution in [0.1, 0.15) is 57.2 Å². The molecule has 1 unspecified atom stereocenters. The molecule has 0 amide bonds. The molecule has 1 aromatic heterocycles. The molecule has 3 heteroatoms. The first kappa shape index (κ1) is 14.8. The van der Waals surface area contributed by atoms with E-state index < -0.39 is 0 Å². The summed E-state index contributed by atoms with van der Waals surface area (Å²) in [6.07, 6.45) is 7.72. The molecule has 0 spiro atoms. The minimum atomic E-state index is 0.771. The van der Waals surface area contributed by atoms with Crippen LogP contribution in [0, 0.1) is 5.92 Å². The third-order valence-corrected chi connectivity index (χ3v) is 4.77. The SMILES string of the molecule is CCCC1CCN(c2cc(CNC3CC3)cc(CC)n2)C1. The molecule has 116 valence electrons. The molecule has 1 aromatic rings. The summed E-state index contributed by atoms with van der Waals surface area (Å²) in [7, 11) is 0. The Balaban J connectivity index is 1.69. The fourth-order valence-corrected chi connectivity index (χ4v) is 3.31. The highest BCUT2D eigenvalue weighted by atomic mass is 15.2. The van der Waals surface area contributed by atoms with Crippen LogP contribution in [0.25, 0.3) is 0 Å². The van der Waals surface area contributed by atoms with E-state index >= 15 is 0 Å². The number of hydrogen-bond acceptors (Lipinski definition) is 3. The number of nitrogens with zero attached hydrogens (tertiary/aromatic N) is 2. The van der Waals surface area contributed by atoms with E-state index in [0.29, 0.717) is 0 Å². The fourth-order valence-electron chi connectivity index (χ4n) is 3.31. The number of aromatic nitrogens is 1. The van der Waals surface area contributed by atoms with Gasteiger partial charge in [-0.1, -0.05) is 20.3 Å². The van der Waals surface area contributed by atoms with Crippen LogP contribution in [0.15, 0.2) is 12.1 Å². The molecule has 1 saturated heterocycles. The first-order chi connectivity index (χ1) is 10.3. The van der Waals surface area contributed by atoms with Gasteiger partial charge in [-0.05, 0) is 55.7 Å². The van der Waals surface area contributed by atoms with Crippen LogP contribution in [-0.2, 0) is 13.0 Å². The maximum Gasteiger partial charge on any atom is 0.129 e.